The fraction of sp³-hybridized carbons (Fsp3) is 0.364. The summed E-state index contributed by atoms with van der Waals surface area (Å²) in [7, 11) is 0. The molecule has 1 aliphatic rings. The zero-order valence-electron chi connectivity index (χ0n) is 9.55. The van der Waals surface area contributed by atoms with Crippen molar-refractivity contribution in [3.8, 4) is 0 Å². The van der Waals surface area contributed by atoms with Gasteiger partial charge in [0.25, 0.3) is 5.69 Å². The molecular weight excluding hydrogens is 238 g/mol. The van der Waals surface area contributed by atoms with Gasteiger partial charge in [-0.1, -0.05) is 12.1 Å². The molecule has 1 aromatic carbocycles. The van der Waals surface area contributed by atoms with Gasteiger partial charge >= 0.3 is 5.97 Å². The predicted molar refractivity (Wildman–Crippen MR) is 63.7 cm³/mol. The number of carboxylic acid groups (broad SMARTS) is 1. The number of benzene rings is 1. The van der Waals surface area contributed by atoms with Crippen LogP contribution in [0.25, 0.3) is 0 Å². The summed E-state index contributed by atoms with van der Waals surface area (Å²) in [6.45, 7) is 2.03. The molecule has 2 rings (SSSR count). The van der Waals surface area contributed by atoms with E-state index in [2.05, 4.69) is 10.6 Å². The summed E-state index contributed by atoms with van der Waals surface area (Å²) in [4.78, 5) is 21.5. The molecule has 0 amide bonds. The molecule has 0 bridgehead atoms. The van der Waals surface area contributed by atoms with E-state index in [-0.39, 0.29) is 17.3 Å². The molecule has 1 aromatic rings. The Hall–Kier alpha value is -1.99. The zero-order valence-corrected chi connectivity index (χ0v) is 9.55. The van der Waals surface area contributed by atoms with E-state index in [0.29, 0.717) is 18.7 Å². The number of nitrogens with zero attached hydrogens (tertiary/aromatic N) is 1. The van der Waals surface area contributed by atoms with Gasteiger partial charge in [0, 0.05) is 25.2 Å². The second kappa shape index (κ2) is 5.11. The van der Waals surface area contributed by atoms with Gasteiger partial charge in [0.1, 0.15) is 5.56 Å². The number of carbonyl (C=O) groups is 1. The lowest BCUT2D eigenvalue weighted by Crippen LogP contribution is -2.42. The van der Waals surface area contributed by atoms with Crippen LogP contribution in [0.5, 0.6) is 0 Å². The van der Waals surface area contributed by atoms with Crippen LogP contribution in [0.2, 0.25) is 0 Å². The molecule has 1 fully saturated rings. The van der Waals surface area contributed by atoms with Gasteiger partial charge in [-0.15, -0.1) is 0 Å². The van der Waals surface area contributed by atoms with Crippen LogP contribution in [0.15, 0.2) is 18.2 Å². The first-order valence-corrected chi connectivity index (χ1v) is 5.56. The molecule has 1 atom stereocenters. The zero-order chi connectivity index (χ0) is 13.1. The number of nitrogens with one attached hydrogen (secondary N) is 2. The minimum atomic E-state index is -1.28. The molecule has 0 aliphatic carbocycles. The smallest absolute Gasteiger partial charge is 0.342 e. The molecule has 1 heterocycles. The minimum Gasteiger partial charge on any atom is -0.477 e. The number of para-hydroxylation sites is 1. The van der Waals surface area contributed by atoms with Crippen LogP contribution < -0.4 is 10.6 Å². The highest BCUT2D eigenvalue weighted by molar-refractivity contribution is 5.93. The van der Waals surface area contributed by atoms with Crippen molar-refractivity contribution in [2.24, 2.45) is 0 Å². The molecule has 18 heavy (non-hydrogen) atoms. The van der Waals surface area contributed by atoms with Crippen molar-refractivity contribution in [2.45, 2.75) is 6.04 Å². The maximum atomic E-state index is 11.1. The molecule has 3 N–H and O–H groups in total. The van der Waals surface area contributed by atoms with Crippen LogP contribution in [0.4, 0.5) is 5.69 Å². The van der Waals surface area contributed by atoms with Gasteiger partial charge in [-0.3, -0.25) is 10.1 Å². The van der Waals surface area contributed by atoms with E-state index >= 15 is 0 Å². The van der Waals surface area contributed by atoms with Crippen molar-refractivity contribution in [3.63, 3.8) is 0 Å². The van der Waals surface area contributed by atoms with E-state index in [1.54, 1.807) is 6.07 Å². The fourth-order valence-electron chi connectivity index (χ4n) is 2.09. The molecular formula is C11H13N3O4. The molecule has 0 saturated carbocycles. The van der Waals surface area contributed by atoms with Gasteiger partial charge < -0.3 is 15.7 Å². The summed E-state index contributed by atoms with van der Waals surface area (Å²) < 4.78 is 0. The van der Waals surface area contributed by atoms with Crippen LogP contribution in [-0.4, -0.2) is 35.6 Å². The van der Waals surface area contributed by atoms with Gasteiger partial charge in [-0.2, -0.15) is 0 Å². The Bertz CT molecular complexity index is 483. The Morgan fingerprint density at radius 2 is 2.22 bits per heavy atom. The summed E-state index contributed by atoms with van der Waals surface area (Å²) in [5, 5.41) is 26.3. The average molecular weight is 251 g/mol. The van der Waals surface area contributed by atoms with Gasteiger partial charge in [0.2, 0.25) is 0 Å². The summed E-state index contributed by atoms with van der Waals surface area (Å²) in [6.07, 6.45) is 0. The number of nitro benzene ring substituents is 1. The third-order valence-corrected chi connectivity index (χ3v) is 2.90. The van der Waals surface area contributed by atoms with Gasteiger partial charge in [0.05, 0.1) is 11.0 Å². The SMILES string of the molecule is O=C(O)c1cccc(C2CNCCN2)c1[N+](=O)[O-]. The Morgan fingerprint density at radius 1 is 1.44 bits per heavy atom. The largest absolute Gasteiger partial charge is 0.477 e. The fourth-order valence-corrected chi connectivity index (χ4v) is 2.09. The van der Waals surface area contributed by atoms with E-state index in [9.17, 15) is 14.9 Å². The second-order valence-corrected chi connectivity index (χ2v) is 4.02. The van der Waals surface area contributed by atoms with Crippen LogP contribution in [0.1, 0.15) is 22.0 Å². The van der Waals surface area contributed by atoms with E-state index in [1.807, 2.05) is 0 Å². The van der Waals surface area contributed by atoms with Gasteiger partial charge in [-0.05, 0) is 6.07 Å². The topological polar surface area (TPSA) is 104 Å². The number of piperazine rings is 1. The Kier molecular flexibility index (Phi) is 3.54. The molecule has 1 aliphatic heterocycles. The van der Waals surface area contributed by atoms with Gasteiger partial charge in [-0.25, -0.2) is 4.79 Å². The lowest BCUT2D eigenvalue weighted by atomic mass is 9.99. The van der Waals surface area contributed by atoms with E-state index in [0.717, 1.165) is 6.54 Å². The highest BCUT2D eigenvalue weighted by atomic mass is 16.6. The molecule has 1 saturated heterocycles. The highest BCUT2D eigenvalue weighted by Gasteiger charge is 2.29. The number of hydrogen-bond acceptors (Lipinski definition) is 5. The van der Waals surface area contributed by atoms with Crippen molar-refractivity contribution in [1.82, 2.24) is 10.6 Å². The number of nitro groups is 1. The molecule has 0 spiro atoms. The standard InChI is InChI=1S/C11H13N3O4/c15-11(16)8-3-1-2-7(10(8)14(17)18)9-6-12-4-5-13-9/h1-3,9,12-13H,4-6H2,(H,15,16). The number of aromatic carboxylic acids is 1. The quantitative estimate of drug-likeness (QED) is 0.534. The van der Waals surface area contributed by atoms with Crippen LogP contribution >= 0.6 is 0 Å². The van der Waals surface area contributed by atoms with Crippen molar-refractivity contribution < 1.29 is 14.8 Å². The molecule has 7 heteroatoms. The number of carboxylic acids is 1. The molecule has 0 aromatic heterocycles. The van der Waals surface area contributed by atoms with E-state index in [1.165, 1.54) is 12.1 Å². The normalized spacial score (nSPS) is 19.4. The second-order valence-electron chi connectivity index (χ2n) is 4.02. The molecule has 96 valence electrons. The summed E-state index contributed by atoms with van der Waals surface area (Å²) >= 11 is 0. The van der Waals surface area contributed by atoms with Crippen LogP contribution in [-0.2, 0) is 0 Å². The molecule has 7 nitrogen and oxygen atoms in total. The Balaban J connectivity index is 2.48. The molecule has 0 radical (unpaired) electrons. The molecule has 1 unspecified atom stereocenters. The first kappa shape index (κ1) is 12.5. The lowest BCUT2D eigenvalue weighted by Gasteiger charge is -2.24. The first-order chi connectivity index (χ1) is 8.61. The van der Waals surface area contributed by atoms with Crippen molar-refractivity contribution in [1.29, 1.82) is 0 Å². The lowest BCUT2D eigenvalue weighted by molar-refractivity contribution is -0.386. The monoisotopic (exact) mass is 251 g/mol. The Morgan fingerprint density at radius 3 is 2.78 bits per heavy atom. The van der Waals surface area contributed by atoms with Crippen molar-refractivity contribution in [3.05, 3.63) is 39.4 Å². The third kappa shape index (κ3) is 2.31. The van der Waals surface area contributed by atoms with Crippen molar-refractivity contribution in [2.75, 3.05) is 19.6 Å². The first-order valence-electron chi connectivity index (χ1n) is 5.56. The van der Waals surface area contributed by atoms with Crippen LogP contribution in [0.3, 0.4) is 0 Å². The van der Waals surface area contributed by atoms with Gasteiger partial charge in [0.15, 0.2) is 0 Å². The maximum absolute atomic E-state index is 11.1. The summed E-state index contributed by atoms with van der Waals surface area (Å²) in [6, 6.07) is 4.14. The number of hydrogen-bond donors (Lipinski definition) is 3. The predicted octanol–water partition coefficient (Wildman–Crippen LogP) is 0.527. The van der Waals surface area contributed by atoms with E-state index in [4.69, 9.17) is 5.11 Å². The Labute approximate surface area is 103 Å². The average Bonchev–Trinajstić information content (AvgIpc) is 2.38. The minimum absolute atomic E-state index is 0.238. The van der Waals surface area contributed by atoms with E-state index < -0.39 is 10.9 Å². The summed E-state index contributed by atoms with van der Waals surface area (Å²) in [5.74, 6) is -1.28. The summed E-state index contributed by atoms with van der Waals surface area (Å²) in [5.41, 5.74) is -0.192. The maximum Gasteiger partial charge on any atom is 0.342 e. The van der Waals surface area contributed by atoms with Crippen LogP contribution in [0, 0.1) is 10.1 Å². The highest BCUT2D eigenvalue weighted by Crippen LogP contribution is 2.29. The number of rotatable bonds is 3. The van der Waals surface area contributed by atoms with Crippen molar-refractivity contribution >= 4 is 11.7 Å². The third-order valence-electron chi connectivity index (χ3n) is 2.90.